The summed E-state index contributed by atoms with van der Waals surface area (Å²) in [5, 5.41) is 2.16. The highest BCUT2D eigenvalue weighted by molar-refractivity contribution is 5.83. The molecule has 2 unspecified atom stereocenters. The van der Waals surface area contributed by atoms with Gasteiger partial charge >= 0.3 is 0 Å². The molecule has 0 aliphatic heterocycles. The van der Waals surface area contributed by atoms with E-state index in [0.717, 1.165) is 42.0 Å². The summed E-state index contributed by atoms with van der Waals surface area (Å²) >= 11 is 0. The van der Waals surface area contributed by atoms with E-state index >= 15 is 4.39 Å². The fourth-order valence-electron chi connectivity index (χ4n) is 3.42. The molecule has 3 rings (SSSR count). The zero-order valence-electron chi connectivity index (χ0n) is 14.6. The number of unbranched alkanes of at least 4 members (excludes halogenated alkanes) is 2. The Balaban J connectivity index is 1.90. The van der Waals surface area contributed by atoms with E-state index in [4.69, 9.17) is 0 Å². The molecule has 0 spiro atoms. The lowest BCUT2D eigenvalue weighted by atomic mass is 9.85. The van der Waals surface area contributed by atoms with Crippen molar-refractivity contribution < 1.29 is 8.78 Å². The van der Waals surface area contributed by atoms with Crippen molar-refractivity contribution in [1.29, 1.82) is 0 Å². The van der Waals surface area contributed by atoms with Crippen LogP contribution in [0.2, 0.25) is 0 Å². The van der Waals surface area contributed by atoms with Crippen molar-refractivity contribution in [2.24, 2.45) is 0 Å². The van der Waals surface area contributed by atoms with Crippen LogP contribution in [-0.4, -0.2) is 0 Å². The number of rotatable bonds is 7. The first-order valence-electron chi connectivity index (χ1n) is 9.07. The highest BCUT2D eigenvalue weighted by atomic mass is 19.1. The summed E-state index contributed by atoms with van der Waals surface area (Å²) in [5.74, 6) is -0.523. The minimum absolute atomic E-state index is 0.242. The molecule has 0 fully saturated rings. The molecule has 0 N–H and O–H groups in total. The topological polar surface area (TPSA) is 0 Å². The zero-order valence-corrected chi connectivity index (χ0v) is 14.6. The van der Waals surface area contributed by atoms with E-state index in [2.05, 4.69) is 6.92 Å². The van der Waals surface area contributed by atoms with Gasteiger partial charge in [-0.2, -0.15) is 0 Å². The van der Waals surface area contributed by atoms with Gasteiger partial charge in [0.2, 0.25) is 0 Å². The van der Waals surface area contributed by atoms with Gasteiger partial charge in [-0.3, -0.25) is 0 Å². The summed E-state index contributed by atoms with van der Waals surface area (Å²) in [5.41, 5.74) is 1.57. The molecule has 2 atom stereocenters. The molecular weight excluding hydrogens is 314 g/mol. The summed E-state index contributed by atoms with van der Waals surface area (Å²) in [6.45, 7) is 2.14. The lowest BCUT2D eigenvalue weighted by Crippen LogP contribution is -2.08. The first-order chi connectivity index (χ1) is 12.2. The highest BCUT2D eigenvalue weighted by Crippen LogP contribution is 2.39. The second-order valence-electron chi connectivity index (χ2n) is 6.66. The Morgan fingerprint density at radius 3 is 2.20 bits per heavy atom. The van der Waals surface area contributed by atoms with Gasteiger partial charge in [0.15, 0.2) is 0 Å². The van der Waals surface area contributed by atoms with Crippen molar-refractivity contribution >= 4 is 10.8 Å². The molecule has 130 valence electrons. The first kappa shape index (κ1) is 17.6. The lowest BCUT2D eigenvalue weighted by molar-refractivity contribution is 0.273. The fraction of sp³-hybridized carbons (Fsp3) is 0.304. The van der Waals surface area contributed by atoms with Crippen molar-refractivity contribution in [3.05, 3.63) is 83.7 Å². The fourth-order valence-corrected chi connectivity index (χ4v) is 3.42. The Kier molecular flexibility index (Phi) is 5.80. The van der Waals surface area contributed by atoms with Crippen molar-refractivity contribution in [3.63, 3.8) is 0 Å². The monoisotopic (exact) mass is 338 g/mol. The number of benzene rings is 3. The Hall–Kier alpha value is -2.22. The molecular formula is C23H24F2. The third kappa shape index (κ3) is 4.25. The maximum atomic E-state index is 15.4. The number of fused-ring (bicyclic) bond motifs is 1. The van der Waals surface area contributed by atoms with Crippen molar-refractivity contribution in [2.75, 3.05) is 0 Å². The molecule has 0 saturated heterocycles. The van der Waals surface area contributed by atoms with Gasteiger partial charge in [-0.05, 0) is 46.5 Å². The number of halogens is 2. The van der Waals surface area contributed by atoms with Gasteiger partial charge in [-0.25, -0.2) is 8.78 Å². The van der Waals surface area contributed by atoms with E-state index in [1.807, 2.05) is 42.5 Å². The third-order valence-corrected chi connectivity index (χ3v) is 4.86. The second-order valence-corrected chi connectivity index (χ2v) is 6.66. The van der Waals surface area contributed by atoms with E-state index in [1.54, 1.807) is 12.1 Å². The zero-order chi connectivity index (χ0) is 17.6. The molecule has 3 aromatic rings. The Morgan fingerprint density at radius 1 is 0.800 bits per heavy atom. The molecule has 0 aromatic heterocycles. The van der Waals surface area contributed by atoms with Gasteiger partial charge in [0.1, 0.15) is 12.0 Å². The summed E-state index contributed by atoms with van der Waals surface area (Å²) in [6, 6.07) is 20.1. The van der Waals surface area contributed by atoms with Crippen LogP contribution in [0.25, 0.3) is 10.8 Å². The quantitative estimate of drug-likeness (QED) is 0.395. The maximum Gasteiger partial charge on any atom is 0.132 e. The van der Waals surface area contributed by atoms with Crippen LogP contribution in [0.5, 0.6) is 0 Å². The van der Waals surface area contributed by atoms with Crippen LogP contribution in [-0.2, 0) is 0 Å². The van der Waals surface area contributed by atoms with Crippen LogP contribution in [0.3, 0.4) is 0 Å². The number of hydrogen-bond donors (Lipinski definition) is 0. The Bertz CT molecular complexity index is 808. The predicted octanol–water partition coefficient (Wildman–Crippen LogP) is 7.35. The highest BCUT2D eigenvalue weighted by Gasteiger charge is 2.24. The largest absolute Gasteiger partial charge is 0.242 e. The summed E-state index contributed by atoms with van der Waals surface area (Å²) in [6.07, 6.45) is 2.84. The van der Waals surface area contributed by atoms with E-state index in [-0.39, 0.29) is 11.7 Å². The number of alkyl halides is 1. The lowest BCUT2D eigenvalue weighted by Gasteiger charge is -2.22. The molecule has 0 nitrogen and oxygen atoms in total. The summed E-state index contributed by atoms with van der Waals surface area (Å²) in [7, 11) is 0. The molecule has 25 heavy (non-hydrogen) atoms. The normalized spacial score (nSPS) is 13.7. The maximum absolute atomic E-state index is 15.4. The standard InChI is InChI=1S/C23H24F2/c1-2-3-4-9-22(18-12-14-21(24)15-13-18)23(25)20-11-10-17-7-5-6-8-19(17)16-20/h5-8,10-16,22-23H,2-4,9H2,1H3. The average Bonchev–Trinajstić information content (AvgIpc) is 2.65. The van der Waals surface area contributed by atoms with E-state index in [9.17, 15) is 4.39 Å². The molecule has 0 amide bonds. The van der Waals surface area contributed by atoms with Gasteiger partial charge in [-0.15, -0.1) is 0 Å². The Labute approximate surface area is 148 Å². The van der Waals surface area contributed by atoms with Crippen LogP contribution in [0.1, 0.15) is 55.8 Å². The van der Waals surface area contributed by atoms with E-state index in [1.165, 1.54) is 12.1 Å². The van der Waals surface area contributed by atoms with E-state index in [0.29, 0.717) is 5.56 Å². The van der Waals surface area contributed by atoms with Gasteiger partial charge in [-0.1, -0.05) is 74.7 Å². The van der Waals surface area contributed by atoms with Crippen molar-refractivity contribution in [3.8, 4) is 0 Å². The SMILES string of the molecule is CCCCCC(c1ccc(F)cc1)C(F)c1ccc2ccccc2c1. The van der Waals surface area contributed by atoms with Gasteiger partial charge < -0.3 is 0 Å². The van der Waals surface area contributed by atoms with Crippen molar-refractivity contribution in [1.82, 2.24) is 0 Å². The molecule has 0 saturated carbocycles. The molecule has 2 heteroatoms. The predicted molar refractivity (Wildman–Crippen MR) is 101 cm³/mol. The first-order valence-corrected chi connectivity index (χ1v) is 9.07. The smallest absolute Gasteiger partial charge is 0.132 e. The van der Waals surface area contributed by atoms with Crippen molar-refractivity contribution in [2.45, 2.75) is 44.7 Å². The minimum atomic E-state index is -1.09. The molecule has 0 heterocycles. The van der Waals surface area contributed by atoms with Crippen LogP contribution in [0, 0.1) is 5.82 Å². The van der Waals surface area contributed by atoms with Crippen LogP contribution in [0.4, 0.5) is 8.78 Å². The average molecular weight is 338 g/mol. The van der Waals surface area contributed by atoms with Gasteiger partial charge in [0.05, 0.1) is 0 Å². The van der Waals surface area contributed by atoms with E-state index < -0.39 is 6.17 Å². The molecule has 0 aliphatic carbocycles. The van der Waals surface area contributed by atoms with Crippen LogP contribution >= 0.6 is 0 Å². The minimum Gasteiger partial charge on any atom is -0.242 e. The second kappa shape index (κ2) is 8.24. The van der Waals surface area contributed by atoms with Crippen LogP contribution in [0.15, 0.2) is 66.7 Å². The molecule has 0 aliphatic rings. The third-order valence-electron chi connectivity index (χ3n) is 4.86. The van der Waals surface area contributed by atoms with Gasteiger partial charge in [0, 0.05) is 5.92 Å². The molecule has 3 aromatic carbocycles. The molecule has 0 bridgehead atoms. The summed E-state index contributed by atoms with van der Waals surface area (Å²) in [4.78, 5) is 0. The molecule has 0 radical (unpaired) electrons. The Morgan fingerprint density at radius 2 is 1.48 bits per heavy atom. The summed E-state index contributed by atoms with van der Waals surface area (Å²) < 4.78 is 28.7. The van der Waals surface area contributed by atoms with Gasteiger partial charge in [0.25, 0.3) is 0 Å². The number of hydrogen-bond acceptors (Lipinski definition) is 0. The van der Waals surface area contributed by atoms with Crippen LogP contribution < -0.4 is 0 Å².